The molecule has 0 aliphatic rings. The molecule has 0 fully saturated rings. The van der Waals surface area contributed by atoms with Crippen molar-refractivity contribution in [3.05, 3.63) is 29.6 Å². The molecule has 0 radical (unpaired) electrons. The Hall–Kier alpha value is -1.13. The molecule has 20 heavy (non-hydrogen) atoms. The smallest absolute Gasteiger partial charge is 0.123 e. The van der Waals surface area contributed by atoms with E-state index < -0.39 is 0 Å². The van der Waals surface area contributed by atoms with Gasteiger partial charge in [0, 0.05) is 31.4 Å². The van der Waals surface area contributed by atoms with E-state index in [2.05, 4.69) is 37.7 Å². The van der Waals surface area contributed by atoms with Crippen LogP contribution in [0.4, 0.5) is 10.1 Å². The molecule has 0 saturated carbocycles. The van der Waals surface area contributed by atoms with Gasteiger partial charge in [0.05, 0.1) is 0 Å². The van der Waals surface area contributed by atoms with E-state index in [1.165, 1.54) is 6.07 Å². The van der Waals surface area contributed by atoms with Crippen molar-refractivity contribution in [2.45, 2.75) is 26.8 Å². The Kier molecular flexibility index (Phi) is 6.43. The summed E-state index contributed by atoms with van der Waals surface area (Å²) < 4.78 is 13.5. The molecule has 0 aliphatic heterocycles. The van der Waals surface area contributed by atoms with Crippen molar-refractivity contribution in [1.82, 2.24) is 4.90 Å². The molecule has 3 nitrogen and oxygen atoms in total. The average Bonchev–Trinajstić information content (AvgIpc) is 2.33. The number of nitrogens with zero attached hydrogens (tertiary/aromatic N) is 2. The van der Waals surface area contributed by atoms with Gasteiger partial charge in [0.25, 0.3) is 0 Å². The van der Waals surface area contributed by atoms with Gasteiger partial charge in [-0.15, -0.1) is 0 Å². The van der Waals surface area contributed by atoms with Crippen molar-refractivity contribution in [2.24, 2.45) is 11.7 Å². The van der Waals surface area contributed by atoms with E-state index in [9.17, 15) is 4.39 Å². The summed E-state index contributed by atoms with van der Waals surface area (Å²) in [4.78, 5) is 4.46. The summed E-state index contributed by atoms with van der Waals surface area (Å²) in [5.41, 5.74) is 7.94. The molecular formula is C16H28FN3. The second-order valence-electron chi connectivity index (χ2n) is 6.13. The molecular weight excluding hydrogens is 253 g/mol. The zero-order valence-corrected chi connectivity index (χ0v) is 13.4. The fourth-order valence-electron chi connectivity index (χ4n) is 2.25. The lowest BCUT2D eigenvalue weighted by Crippen LogP contribution is -2.35. The number of benzene rings is 1. The van der Waals surface area contributed by atoms with E-state index in [0.717, 1.165) is 30.9 Å². The molecule has 0 spiro atoms. The third-order valence-electron chi connectivity index (χ3n) is 3.22. The highest BCUT2D eigenvalue weighted by Crippen LogP contribution is 2.27. The Bertz CT molecular complexity index is 416. The maximum absolute atomic E-state index is 13.5. The minimum Gasteiger partial charge on any atom is -0.370 e. The van der Waals surface area contributed by atoms with Crippen LogP contribution in [0.25, 0.3) is 0 Å². The number of halogens is 1. The maximum Gasteiger partial charge on any atom is 0.123 e. The molecule has 0 aromatic heterocycles. The fourth-order valence-corrected chi connectivity index (χ4v) is 2.25. The van der Waals surface area contributed by atoms with E-state index in [-0.39, 0.29) is 11.9 Å². The predicted molar refractivity (Wildman–Crippen MR) is 84.6 cm³/mol. The van der Waals surface area contributed by atoms with E-state index in [0.29, 0.717) is 5.92 Å². The van der Waals surface area contributed by atoms with Crippen LogP contribution in [-0.4, -0.2) is 38.6 Å². The molecule has 2 N–H and O–H groups in total. The van der Waals surface area contributed by atoms with Crippen LogP contribution in [0.15, 0.2) is 18.2 Å². The zero-order valence-electron chi connectivity index (χ0n) is 13.4. The summed E-state index contributed by atoms with van der Waals surface area (Å²) in [5, 5.41) is 0. The second kappa shape index (κ2) is 7.60. The molecule has 4 heteroatoms. The number of nitrogens with two attached hydrogens (primary N) is 1. The Labute approximate surface area is 122 Å². The van der Waals surface area contributed by atoms with Crippen LogP contribution in [0.2, 0.25) is 0 Å². The lowest BCUT2D eigenvalue weighted by molar-refractivity contribution is 0.408. The van der Waals surface area contributed by atoms with E-state index >= 15 is 0 Å². The zero-order chi connectivity index (χ0) is 15.3. The van der Waals surface area contributed by atoms with Crippen LogP contribution in [0.5, 0.6) is 0 Å². The third kappa shape index (κ3) is 5.10. The predicted octanol–water partition coefficient (Wildman–Crippen LogP) is 2.87. The van der Waals surface area contributed by atoms with Crippen LogP contribution in [0.1, 0.15) is 32.4 Å². The quantitative estimate of drug-likeness (QED) is 0.834. The Morgan fingerprint density at radius 1 is 1.15 bits per heavy atom. The Morgan fingerprint density at radius 2 is 1.80 bits per heavy atom. The molecule has 1 aromatic rings. The van der Waals surface area contributed by atoms with Gasteiger partial charge in [-0.25, -0.2) is 4.39 Å². The highest BCUT2D eigenvalue weighted by Gasteiger charge is 2.16. The molecule has 0 saturated heterocycles. The number of hydrogen-bond acceptors (Lipinski definition) is 3. The highest BCUT2D eigenvalue weighted by atomic mass is 19.1. The first-order valence-electron chi connectivity index (χ1n) is 7.26. The van der Waals surface area contributed by atoms with Crippen LogP contribution < -0.4 is 10.6 Å². The molecule has 0 amide bonds. The summed E-state index contributed by atoms with van der Waals surface area (Å²) in [5.74, 6) is 0.321. The topological polar surface area (TPSA) is 32.5 Å². The SMILES string of the molecule is CC(C)CN(CCN(C)C)c1ccc(F)cc1C(C)N. The van der Waals surface area contributed by atoms with Crippen LogP contribution >= 0.6 is 0 Å². The Morgan fingerprint density at radius 3 is 2.30 bits per heavy atom. The minimum absolute atomic E-state index is 0.172. The molecule has 0 aliphatic carbocycles. The largest absolute Gasteiger partial charge is 0.370 e. The van der Waals surface area contributed by atoms with E-state index in [1.807, 2.05) is 13.0 Å². The number of likely N-dealkylation sites (N-methyl/N-ethyl adjacent to an activating group) is 1. The molecule has 0 heterocycles. The van der Waals surface area contributed by atoms with Crippen molar-refractivity contribution in [3.63, 3.8) is 0 Å². The van der Waals surface area contributed by atoms with E-state index in [4.69, 9.17) is 5.73 Å². The van der Waals surface area contributed by atoms with Gasteiger partial charge in [0.1, 0.15) is 5.82 Å². The lowest BCUT2D eigenvalue weighted by atomic mass is 10.0. The first-order valence-corrected chi connectivity index (χ1v) is 7.26. The minimum atomic E-state index is -0.224. The normalized spacial score (nSPS) is 13.1. The maximum atomic E-state index is 13.5. The molecule has 1 aromatic carbocycles. The molecule has 114 valence electrons. The third-order valence-corrected chi connectivity index (χ3v) is 3.22. The van der Waals surface area contributed by atoms with Gasteiger partial charge in [-0.1, -0.05) is 13.8 Å². The number of rotatable bonds is 7. The van der Waals surface area contributed by atoms with Gasteiger partial charge in [0.15, 0.2) is 0 Å². The van der Waals surface area contributed by atoms with Crippen LogP contribution in [-0.2, 0) is 0 Å². The summed E-state index contributed by atoms with van der Waals surface area (Å²) in [6, 6.07) is 4.76. The monoisotopic (exact) mass is 281 g/mol. The number of hydrogen-bond donors (Lipinski definition) is 1. The average molecular weight is 281 g/mol. The first-order chi connectivity index (χ1) is 9.31. The van der Waals surface area contributed by atoms with Crippen molar-refractivity contribution in [1.29, 1.82) is 0 Å². The highest BCUT2D eigenvalue weighted by molar-refractivity contribution is 5.55. The number of anilines is 1. The molecule has 1 unspecified atom stereocenters. The first kappa shape index (κ1) is 16.9. The molecule has 0 bridgehead atoms. The van der Waals surface area contributed by atoms with Crippen LogP contribution in [0.3, 0.4) is 0 Å². The summed E-state index contributed by atoms with van der Waals surface area (Å²) in [6.07, 6.45) is 0. The van der Waals surface area contributed by atoms with Crippen molar-refractivity contribution < 1.29 is 4.39 Å². The van der Waals surface area contributed by atoms with Gasteiger partial charge in [-0.05, 0) is 50.7 Å². The van der Waals surface area contributed by atoms with Crippen molar-refractivity contribution in [3.8, 4) is 0 Å². The summed E-state index contributed by atoms with van der Waals surface area (Å²) in [7, 11) is 4.12. The summed E-state index contributed by atoms with van der Waals surface area (Å²) >= 11 is 0. The molecule has 1 atom stereocenters. The standard InChI is InChI=1S/C16H28FN3/c1-12(2)11-20(9-8-19(4)5)16-7-6-14(17)10-15(16)13(3)18/h6-7,10,12-13H,8-9,11,18H2,1-5H3. The lowest BCUT2D eigenvalue weighted by Gasteiger charge is -2.31. The summed E-state index contributed by atoms with van der Waals surface area (Å²) in [6.45, 7) is 9.10. The van der Waals surface area contributed by atoms with E-state index in [1.54, 1.807) is 6.07 Å². The van der Waals surface area contributed by atoms with Gasteiger partial charge >= 0.3 is 0 Å². The van der Waals surface area contributed by atoms with Crippen LogP contribution in [0, 0.1) is 11.7 Å². The van der Waals surface area contributed by atoms with Gasteiger partial charge in [-0.2, -0.15) is 0 Å². The second-order valence-corrected chi connectivity index (χ2v) is 6.13. The Balaban J connectivity index is 3.05. The van der Waals surface area contributed by atoms with Gasteiger partial charge in [-0.3, -0.25) is 0 Å². The fraction of sp³-hybridized carbons (Fsp3) is 0.625. The van der Waals surface area contributed by atoms with Crippen molar-refractivity contribution >= 4 is 5.69 Å². The molecule has 1 rings (SSSR count). The van der Waals surface area contributed by atoms with Gasteiger partial charge < -0.3 is 15.5 Å². The van der Waals surface area contributed by atoms with Crippen molar-refractivity contribution in [2.75, 3.05) is 38.6 Å². The van der Waals surface area contributed by atoms with Gasteiger partial charge in [0.2, 0.25) is 0 Å².